The lowest BCUT2D eigenvalue weighted by Crippen LogP contribution is -2.57. The first kappa shape index (κ1) is 16.5. The van der Waals surface area contributed by atoms with Crippen LogP contribution in [0.25, 0.3) is 0 Å². The van der Waals surface area contributed by atoms with Crippen LogP contribution in [-0.4, -0.2) is 49.4 Å². The first-order valence-electron chi connectivity index (χ1n) is 7.33. The van der Waals surface area contributed by atoms with E-state index in [9.17, 15) is 13.2 Å². The van der Waals surface area contributed by atoms with Gasteiger partial charge in [-0.25, -0.2) is 4.99 Å². The number of guanidine groups is 2. The maximum atomic E-state index is 13.0. The Bertz CT molecular complexity index is 669. The molecule has 0 spiro atoms. The lowest BCUT2D eigenvalue weighted by molar-refractivity contribution is -0.137. The van der Waals surface area contributed by atoms with E-state index in [-0.39, 0.29) is 11.6 Å². The van der Waals surface area contributed by atoms with E-state index in [0.29, 0.717) is 32.3 Å². The quantitative estimate of drug-likeness (QED) is 0.786. The van der Waals surface area contributed by atoms with Crippen LogP contribution < -0.4 is 16.4 Å². The molecule has 0 radical (unpaired) electrons. The van der Waals surface area contributed by atoms with Crippen molar-refractivity contribution < 1.29 is 17.9 Å². The Labute approximate surface area is 136 Å². The number of halogens is 3. The highest BCUT2D eigenvalue weighted by Crippen LogP contribution is 2.32. The van der Waals surface area contributed by atoms with Gasteiger partial charge in [-0.1, -0.05) is 6.07 Å². The molecule has 1 saturated heterocycles. The second-order valence-corrected chi connectivity index (χ2v) is 5.33. The lowest BCUT2D eigenvalue weighted by Gasteiger charge is -2.39. The highest BCUT2D eigenvalue weighted by atomic mass is 19.4. The predicted molar refractivity (Wildman–Crippen MR) is 83.3 cm³/mol. The molecule has 10 heteroatoms. The van der Waals surface area contributed by atoms with E-state index in [1.165, 1.54) is 17.0 Å². The number of aliphatic imine (C=N–C) groups is 2. The molecular formula is C14H17F3N6O. The van der Waals surface area contributed by atoms with E-state index in [4.69, 9.17) is 16.2 Å². The summed E-state index contributed by atoms with van der Waals surface area (Å²) >= 11 is 0. The molecule has 4 N–H and O–H groups in total. The molecule has 2 aliphatic rings. The zero-order valence-electron chi connectivity index (χ0n) is 12.7. The average molecular weight is 342 g/mol. The Kier molecular flexibility index (Phi) is 4.33. The highest BCUT2D eigenvalue weighted by Gasteiger charge is 2.34. The predicted octanol–water partition coefficient (Wildman–Crippen LogP) is 0.771. The molecule has 1 atom stereocenters. The standard InChI is InChI=1S/C14H17F3N6O/c15-14(16,17)9-2-1-3-10(8-9)23-12(19)20-11(18)21-13(23)22-4-6-24-7-5-22/h1-3,8,12H,4-7,19H2,(H2,18,20). The van der Waals surface area contributed by atoms with Crippen LogP contribution in [0.2, 0.25) is 0 Å². The van der Waals surface area contributed by atoms with Crippen molar-refractivity contribution in [3.63, 3.8) is 0 Å². The summed E-state index contributed by atoms with van der Waals surface area (Å²) in [7, 11) is 0. The molecule has 2 heterocycles. The van der Waals surface area contributed by atoms with Crippen LogP contribution in [0.5, 0.6) is 0 Å². The SMILES string of the molecule is NC1=NC(N)N(c2cccc(C(F)(F)F)c2)C(N2CCOCC2)=N1. The van der Waals surface area contributed by atoms with Crippen LogP contribution in [0, 0.1) is 0 Å². The van der Waals surface area contributed by atoms with Crippen molar-refractivity contribution in [1.82, 2.24) is 4.90 Å². The average Bonchev–Trinajstić information content (AvgIpc) is 2.54. The molecule has 0 bridgehead atoms. The summed E-state index contributed by atoms with van der Waals surface area (Å²) in [4.78, 5) is 11.4. The van der Waals surface area contributed by atoms with Gasteiger partial charge in [-0.2, -0.15) is 18.2 Å². The van der Waals surface area contributed by atoms with E-state index >= 15 is 0 Å². The molecular weight excluding hydrogens is 325 g/mol. The van der Waals surface area contributed by atoms with Crippen molar-refractivity contribution in [3.05, 3.63) is 29.8 Å². The summed E-state index contributed by atoms with van der Waals surface area (Å²) in [5.41, 5.74) is 11.2. The summed E-state index contributed by atoms with van der Waals surface area (Å²) in [6.07, 6.45) is -5.40. The van der Waals surface area contributed by atoms with E-state index in [0.717, 1.165) is 12.1 Å². The zero-order chi connectivity index (χ0) is 17.3. The van der Waals surface area contributed by atoms with Gasteiger partial charge in [-0.3, -0.25) is 10.6 Å². The first-order valence-corrected chi connectivity index (χ1v) is 7.33. The molecule has 2 aliphatic heterocycles. The summed E-state index contributed by atoms with van der Waals surface area (Å²) in [5.74, 6) is 0.366. The van der Waals surface area contributed by atoms with Gasteiger partial charge in [-0.15, -0.1) is 0 Å². The van der Waals surface area contributed by atoms with Crippen LogP contribution in [0.4, 0.5) is 18.9 Å². The number of anilines is 1. The number of hydrogen-bond donors (Lipinski definition) is 2. The molecule has 3 rings (SSSR count). The molecule has 130 valence electrons. The molecule has 1 aromatic rings. The fourth-order valence-electron chi connectivity index (χ4n) is 2.58. The van der Waals surface area contributed by atoms with Gasteiger partial charge in [0.1, 0.15) is 0 Å². The van der Waals surface area contributed by atoms with E-state index in [1.807, 2.05) is 4.90 Å². The third-order valence-corrected chi connectivity index (χ3v) is 3.70. The van der Waals surface area contributed by atoms with Crippen molar-refractivity contribution >= 4 is 17.6 Å². The molecule has 0 aromatic heterocycles. The largest absolute Gasteiger partial charge is 0.416 e. The number of rotatable bonds is 1. The van der Waals surface area contributed by atoms with Crippen molar-refractivity contribution in [1.29, 1.82) is 0 Å². The van der Waals surface area contributed by atoms with Gasteiger partial charge in [-0.05, 0) is 18.2 Å². The molecule has 24 heavy (non-hydrogen) atoms. The summed E-state index contributed by atoms with van der Waals surface area (Å²) in [6.45, 7) is 2.05. The third-order valence-electron chi connectivity index (χ3n) is 3.70. The fourth-order valence-corrected chi connectivity index (χ4v) is 2.58. The fraction of sp³-hybridized carbons (Fsp3) is 0.429. The van der Waals surface area contributed by atoms with E-state index in [2.05, 4.69) is 9.98 Å². The van der Waals surface area contributed by atoms with Crippen molar-refractivity contribution in [2.24, 2.45) is 21.5 Å². The van der Waals surface area contributed by atoms with E-state index < -0.39 is 18.0 Å². The molecule has 1 fully saturated rings. The monoisotopic (exact) mass is 342 g/mol. The summed E-state index contributed by atoms with van der Waals surface area (Å²) < 4.78 is 44.3. The first-order chi connectivity index (χ1) is 11.4. The maximum absolute atomic E-state index is 13.0. The number of ether oxygens (including phenoxy) is 1. The van der Waals surface area contributed by atoms with Gasteiger partial charge < -0.3 is 15.4 Å². The Hall–Kier alpha value is -2.33. The number of nitrogens with two attached hydrogens (primary N) is 2. The Balaban J connectivity index is 1.99. The normalized spacial score (nSPS) is 22.2. The van der Waals surface area contributed by atoms with E-state index in [1.54, 1.807) is 0 Å². The van der Waals surface area contributed by atoms with Crippen LogP contribution in [-0.2, 0) is 10.9 Å². The molecule has 0 saturated carbocycles. The van der Waals surface area contributed by atoms with Crippen molar-refractivity contribution in [3.8, 4) is 0 Å². The lowest BCUT2D eigenvalue weighted by atomic mass is 10.2. The molecule has 7 nitrogen and oxygen atoms in total. The Morgan fingerprint density at radius 1 is 1.21 bits per heavy atom. The third kappa shape index (κ3) is 3.29. The minimum absolute atomic E-state index is 0.00721. The van der Waals surface area contributed by atoms with Gasteiger partial charge in [0.05, 0.1) is 18.8 Å². The summed E-state index contributed by atoms with van der Waals surface area (Å²) in [6, 6.07) is 4.88. The topological polar surface area (TPSA) is 92.5 Å². The van der Waals surface area contributed by atoms with Crippen LogP contribution in [0.3, 0.4) is 0 Å². The number of alkyl halides is 3. The number of hydrogen-bond acceptors (Lipinski definition) is 7. The number of morpholine rings is 1. The number of benzene rings is 1. The minimum atomic E-state index is -4.45. The second-order valence-electron chi connectivity index (χ2n) is 5.33. The zero-order valence-corrected chi connectivity index (χ0v) is 12.7. The van der Waals surface area contributed by atoms with Crippen LogP contribution in [0.1, 0.15) is 5.56 Å². The number of nitrogens with zero attached hydrogens (tertiary/aromatic N) is 4. The van der Waals surface area contributed by atoms with Gasteiger partial charge in [0.2, 0.25) is 11.9 Å². The van der Waals surface area contributed by atoms with Gasteiger partial charge >= 0.3 is 6.18 Å². The maximum Gasteiger partial charge on any atom is 0.416 e. The molecule has 1 unspecified atom stereocenters. The van der Waals surface area contributed by atoms with Crippen molar-refractivity contribution in [2.45, 2.75) is 12.5 Å². The van der Waals surface area contributed by atoms with Crippen LogP contribution >= 0.6 is 0 Å². The van der Waals surface area contributed by atoms with Gasteiger partial charge in [0.15, 0.2) is 6.29 Å². The second kappa shape index (κ2) is 6.29. The smallest absolute Gasteiger partial charge is 0.378 e. The molecule has 0 amide bonds. The van der Waals surface area contributed by atoms with Gasteiger partial charge in [0, 0.05) is 18.8 Å². The van der Waals surface area contributed by atoms with Crippen LogP contribution in [0.15, 0.2) is 34.3 Å². The highest BCUT2D eigenvalue weighted by molar-refractivity contribution is 6.05. The Morgan fingerprint density at radius 3 is 2.58 bits per heavy atom. The molecule has 0 aliphatic carbocycles. The minimum Gasteiger partial charge on any atom is -0.378 e. The van der Waals surface area contributed by atoms with Gasteiger partial charge in [0.25, 0.3) is 0 Å². The molecule has 1 aromatic carbocycles. The summed E-state index contributed by atoms with van der Waals surface area (Å²) in [5, 5.41) is 0. The Morgan fingerprint density at radius 2 is 1.92 bits per heavy atom. The van der Waals surface area contributed by atoms with Crippen molar-refractivity contribution in [2.75, 3.05) is 31.2 Å².